The fourth-order valence-electron chi connectivity index (χ4n) is 1.78. The van der Waals surface area contributed by atoms with Gasteiger partial charge in [0.25, 0.3) is 0 Å². The Kier molecular flexibility index (Phi) is 3.82. The molecule has 0 amide bonds. The molecule has 0 saturated carbocycles. The average molecular weight is 251 g/mol. The lowest BCUT2D eigenvalue weighted by Gasteiger charge is -1.98. The van der Waals surface area contributed by atoms with Crippen molar-refractivity contribution in [1.82, 2.24) is 9.97 Å². The predicted octanol–water partition coefficient (Wildman–Crippen LogP) is 2.96. The SMILES string of the molecule is Cc1[nH]c(CCCO)nc1-c1ccc(Cl)cc1. The largest absolute Gasteiger partial charge is 0.396 e. The number of aliphatic hydroxyl groups excluding tert-OH is 1. The molecule has 0 aliphatic heterocycles. The van der Waals surface area contributed by atoms with Crippen molar-refractivity contribution in [2.24, 2.45) is 0 Å². The van der Waals surface area contributed by atoms with Crippen LogP contribution in [0.5, 0.6) is 0 Å². The fraction of sp³-hybridized carbons (Fsp3) is 0.308. The number of nitrogens with one attached hydrogen (secondary N) is 1. The Morgan fingerprint density at radius 1 is 1.29 bits per heavy atom. The minimum Gasteiger partial charge on any atom is -0.396 e. The maximum atomic E-state index is 8.79. The number of aromatic amines is 1. The van der Waals surface area contributed by atoms with Crippen molar-refractivity contribution in [1.29, 1.82) is 0 Å². The number of imidazole rings is 1. The second-order valence-corrected chi connectivity index (χ2v) is 4.43. The van der Waals surface area contributed by atoms with Crippen LogP contribution in [-0.4, -0.2) is 21.7 Å². The second kappa shape index (κ2) is 5.34. The first-order valence-corrected chi connectivity index (χ1v) is 6.01. The number of nitrogens with zero attached hydrogens (tertiary/aromatic N) is 1. The molecule has 17 heavy (non-hydrogen) atoms. The van der Waals surface area contributed by atoms with Gasteiger partial charge in [0.1, 0.15) is 5.82 Å². The molecule has 2 rings (SSSR count). The quantitative estimate of drug-likeness (QED) is 0.877. The van der Waals surface area contributed by atoms with Crippen LogP contribution >= 0.6 is 11.6 Å². The third-order valence-corrected chi connectivity index (χ3v) is 2.88. The maximum Gasteiger partial charge on any atom is 0.107 e. The van der Waals surface area contributed by atoms with Gasteiger partial charge in [-0.2, -0.15) is 0 Å². The molecule has 2 aromatic rings. The fourth-order valence-corrected chi connectivity index (χ4v) is 1.90. The van der Waals surface area contributed by atoms with Gasteiger partial charge in [0, 0.05) is 29.3 Å². The lowest BCUT2D eigenvalue weighted by molar-refractivity contribution is 0.287. The first-order chi connectivity index (χ1) is 8.20. The molecule has 0 fully saturated rings. The Morgan fingerprint density at radius 2 is 2.00 bits per heavy atom. The van der Waals surface area contributed by atoms with Crippen LogP contribution in [0.25, 0.3) is 11.3 Å². The number of benzene rings is 1. The highest BCUT2D eigenvalue weighted by Crippen LogP contribution is 2.23. The Morgan fingerprint density at radius 3 is 2.65 bits per heavy atom. The molecule has 0 aliphatic rings. The molecule has 2 N–H and O–H groups in total. The van der Waals surface area contributed by atoms with Crippen molar-refractivity contribution in [2.45, 2.75) is 19.8 Å². The summed E-state index contributed by atoms with van der Waals surface area (Å²) in [6.45, 7) is 2.19. The standard InChI is InChI=1S/C13H15ClN2O/c1-9-13(10-4-6-11(14)7-5-10)16-12(15-9)3-2-8-17/h4-7,17H,2-3,8H2,1H3,(H,15,16). The Bertz CT molecular complexity index is 491. The maximum absolute atomic E-state index is 8.79. The minimum atomic E-state index is 0.191. The van der Waals surface area contributed by atoms with Crippen molar-refractivity contribution in [2.75, 3.05) is 6.61 Å². The number of rotatable bonds is 4. The minimum absolute atomic E-state index is 0.191. The summed E-state index contributed by atoms with van der Waals surface area (Å²) in [6, 6.07) is 7.64. The van der Waals surface area contributed by atoms with E-state index < -0.39 is 0 Å². The van der Waals surface area contributed by atoms with E-state index in [9.17, 15) is 0 Å². The van der Waals surface area contributed by atoms with Crippen LogP contribution in [0.15, 0.2) is 24.3 Å². The first kappa shape index (κ1) is 12.1. The van der Waals surface area contributed by atoms with Crippen molar-refractivity contribution < 1.29 is 5.11 Å². The summed E-state index contributed by atoms with van der Waals surface area (Å²) in [4.78, 5) is 7.77. The molecule has 3 nitrogen and oxygen atoms in total. The molecular formula is C13H15ClN2O. The number of aromatic nitrogens is 2. The zero-order valence-corrected chi connectivity index (χ0v) is 10.5. The van der Waals surface area contributed by atoms with Gasteiger partial charge >= 0.3 is 0 Å². The zero-order chi connectivity index (χ0) is 12.3. The highest BCUT2D eigenvalue weighted by molar-refractivity contribution is 6.30. The molecule has 0 saturated heterocycles. The smallest absolute Gasteiger partial charge is 0.107 e. The number of hydrogen-bond acceptors (Lipinski definition) is 2. The highest BCUT2D eigenvalue weighted by atomic mass is 35.5. The van der Waals surface area contributed by atoms with Gasteiger partial charge in [0.05, 0.1) is 5.69 Å². The summed E-state index contributed by atoms with van der Waals surface area (Å²) in [5.41, 5.74) is 3.05. The molecule has 0 radical (unpaired) electrons. The van der Waals surface area contributed by atoms with Crippen LogP contribution in [0.3, 0.4) is 0 Å². The molecule has 0 atom stereocenters. The van der Waals surface area contributed by atoms with E-state index in [1.807, 2.05) is 31.2 Å². The van der Waals surface area contributed by atoms with E-state index >= 15 is 0 Å². The summed E-state index contributed by atoms with van der Waals surface area (Å²) < 4.78 is 0. The Labute approximate surface area is 105 Å². The van der Waals surface area contributed by atoms with Crippen molar-refractivity contribution in [3.63, 3.8) is 0 Å². The Balaban J connectivity index is 2.26. The number of hydrogen-bond donors (Lipinski definition) is 2. The Hall–Kier alpha value is -1.32. The van der Waals surface area contributed by atoms with Gasteiger partial charge in [0.2, 0.25) is 0 Å². The summed E-state index contributed by atoms with van der Waals surface area (Å²) in [7, 11) is 0. The van der Waals surface area contributed by atoms with Gasteiger partial charge < -0.3 is 10.1 Å². The van der Waals surface area contributed by atoms with Gasteiger partial charge in [-0.15, -0.1) is 0 Å². The molecule has 0 spiro atoms. The van der Waals surface area contributed by atoms with Gasteiger partial charge in [-0.05, 0) is 25.5 Å². The third-order valence-electron chi connectivity index (χ3n) is 2.62. The molecule has 0 unspecified atom stereocenters. The van der Waals surface area contributed by atoms with Crippen LogP contribution in [0.4, 0.5) is 0 Å². The van der Waals surface area contributed by atoms with Crippen LogP contribution in [-0.2, 0) is 6.42 Å². The summed E-state index contributed by atoms with van der Waals surface area (Å²) in [5, 5.41) is 9.52. The summed E-state index contributed by atoms with van der Waals surface area (Å²) >= 11 is 5.86. The van der Waals surface area contributed by atoms with E-state index in [4.69, 9.17) is 16.7 Å². The van der Waals surface area contributed by atoms with E-state index in [1.54, 1.807) is 0 Å². The molecule has 1 heterocycles. The number of halogens is 1. The van der Waals surface area contributed by atoms with Crippen molar-refractivity contribution in [3.8, 4) is 11.3 Å². The molecule has 0 bridgehead atoms. The van der Waals surface area contributed by atoms with Crippen LogP contribution in [0.2, 0.25) is 5.02 Å². The number of aryl methyl sites for hydroxylation is 2. The van der Waals surface area contributed by atoms with E-state index in [0.29, 0.717) is 0 Å². The lowest BCUT2D eigenvalue weighted by atomic mass is 10.1. The van der Waals surface area contributed by atoms with Crippen LogP contribution in [0, 0.1) is 6.92 Å². The van der Waals surface area contributed by atoms with Gasteiger partial charge in [0.15, 0.2) is 0 Å². The molecular weight excluding hydrogens is 236 g/mol. The first-order valence-electron chi connectivity index (χ1n) is 5.63. The lowest BCUT2D eigenvalue weighted by Crippen LogP contribution is -1.91. The van der Waals surface area contributed by atoms with E-state index in [2.05, 4.69) is 9.97 Å². The molecule has 90 valence electrons. The normalized spacial score (nSPS) is 10.8. The van der Waals surface area contributed by atoms with Gasteiger partial charge in [-0.25, -0.2) is 4.98 Å². The van der Waals surface area contributed by atoms with Gasteiger partial charge in [-0.1, -0.05) is 23.7 Å². The van der Waals surface area contributed by atoms with Crippen LogP contribution in [0.1, 0.15) is 17.9 Å². The van der Waals surface area contributed by atoms with E-state index in [-0.39, 0.29) is 6.61 Å². The van der Waals surface area contributed by atoms with E-state index in [1.165, 1.54) is 0 Å². The summed E-state index contributed by atoms with van der Waals surface area (Å²) in [6.07, 6.45) is 1.50. The third kappa shape index (κ3) is 2.87. The van der Waals surface area contributed by atoms with Crippen LogP contribution < -0.4 is 0 Å². The predicted molar refractivity (Wildman–Crippen MR) is 69.2 cm³/mol. The second-order valence-electron chi connectivity index (χ2n) is 3.99. The average Bonchev–Trinajstić information content (AvgIpc) is 2.69. The monoisotopic (exact) mass is 250 g/mol. The molecule has 0 aliphatic carbocycles. The van der Waals surface area contributed by atoms with E-state index in [0.717, 1.165) is 40.6 Å². The topological polar surface area (TPSA) is 48.9 Å². The zero-order valence-electron chi connectivity index (χ0n) is 9.70. The molecule has 1 aromatic carbocycles. The van der Waals surface area contributed by atoms with Crippen molar-refractivity contribution >= 4 is 11.6 Å². The number of H-pyrrole nitrogens is 1. The molecule has 4 heteroatoms. The van der Waals surface area contributed by atoms with Gasteiger partial charge in [-0.3, -0.25) is 0 Å². The number of aliphatic hydroxyl groups is 1. The van der Waals surface area contributed by atoms with Crippen molar-refractivity contribution in [3.05, 3.63) is 40.8 Å². The summed E-state index contributed by atoms with van der Waals surface area (Å²) in [5.74, 6) is 0.918. The molecule has 1 aromatic heterocycles. The highest BCUT2D eigenvalue weighted by Gasteiger charge is 2.08.